The van der Waals surface area contributed by atoms with Crippen LogP contribution in [-0.4, -0.2) is 53.3 Å². The van der Waals surface area contributed by atoms with Crippen molar-refractivity contribution >= 4 is 40.7 Å². The zero-order valence-electron chi connectivity index (χ0n) is 17.8. The molecule has 0 aliphatic carbocycles. The fourth-order valence-corrected chi connectivity index (χ4v) is 3.68. The van der Waals surface area contributed by atoms with Crippen LogP contribution in [0, 0.1) is 5.82 Å². The van der Waals surface area contributed by atoms with Crippen molar-refractivity contribution in [1.82, 2.24) is 15.0 Å². The maximum Gasteiger partial charge on any atom is 0.263 e. The second kappa shape index (κ2) is 8.87. The van der Waals surface area contributed by atoms with Crippen LogP contribution in [0.4, 0.5) is 39.2 Å². The van der Waals surface area contributed by atoms with Crippen LogP contribution in [0.5, 0.6) is 5.75 Å². The van der Waals surface area contributed by atoms with Crippen LogP contribution in [0.1, 0.15) is 6.92 Å². The standard InChI is InChI=1S/C22H22FN7O3/c1-13-11-30(8-9-32-13)16-5-3-2-4-15(16)25-22-24-10-14(23)20(29-22)26-18-7-6-17-21(27-18)28-19(31)12-33-17/h2-7,10,13H,8-9,11-12H2,1H3,(H3,24,25,26,27,28,29,31)/t13-/m0/s1. The van der Waals surface area contributed by atoms with Gasteiger partial charge in [-0.1, -0.05) is 12.1 Å². The molecule has 0 radical (unpaired) electrons. The average Bonchev–Trinajstić information content (AvgIpc) is 2.81. The summed E-state index contributed by atoms with van der Waals surface area (Å²) in [6.07, 6.45) is 1.21. The molecule has 1 saturated heterocycles. The first-order valence-corrected chi connectivity index (χ1v) is 10.5. The molecule has 1 atom stereocenters. The van der Waals surface area contributed by atoms with Gasteiger partial charge in [0, 0.05) is 13.1 Å². The number of para-hydroxylation sites is 2. The maximum atomic E-state index is 14.4. The highest BCUT2D eigenvalue weighted by Crippen LogP contribution is 2.31. The molecule has 3 aromatic rings. The summed E-state index contributed by atoms with van der Waals surface area (Å²) in [6.45, 7) is 4.15. The Labute approximate surface area is 189 Å². The minimum Gasteiger partial charge on any atom is -0.480 e. The molecule has 2 aromatic heterocycles. The Morgan fingerprint density at radius 1 is 1.18 bits per heavy atom. The van der Waals surface area contributed by atoms with E-state index in [9.17, 15) is 9.18 Å². The second-order valence-electron chi connectivity index (χ2n) is 7.66. The molecule has 2 aliphatic rings. The fourth-order valence-electron chi connectivity index (χ4n) is 3.68. The topological polar surface area (TPSA) is 114 Å². The minimum atomic E-state index is -0.643. The van der Waals surface area contributed by atoms with Crippen molar-refractivity contribution in [1.29, 1.82) is 0 Å². The lowest BCUT2D eigenvalue weighted by atomic mass is 10.2. The molecule has 5 rings (SSSR count). The quantitative estimate of drug-likeness (QED) is 0.539. The van der Waals surface area contributed by atoms with Crippen molar-refractivity contribution in [2.75, 3.05) is 47.2 Å². The van der Waals surface area contributed by atoms with Gasteiger partial charge in [-0.3, -0.25) is 4.79 Å². The van der Waals surface area contributed by atoms with E-state index in [0.29, 0.717) is 18.2 Å². The van der Waals surface area contributed by atoms with Crippen LogP contribution in [0.15, 0.2) is 42.6 Å². The predicted molar refractivity (Wildman–Crippen MR) is 121 cm³/mol. The van der Waals surface area contributed by atoms with E-state index in [1.807, 2.05) is 31.2 Å². The largest absolute Gasteiger partial charge is 0.480 e. The molecule has 170 valence electrons. The van der Waals surface area contributed by atoms with Gasteiger partial charge in [-0.15, -0.1) is 0 Å². The van der Waals surface area contributed by atoms with Crippen molar-refractivity contribution in [2.24, 2.45) is 0 Å². The zero-order chi connectivity index (χ0) is 22.8. The smallest absolute Gasteiger partial charge is 0.263 e. The number of ether oxygens (including phenoxy) is 2. The van der Waals surface area contributed by atoms with Crippen molar-refractivity contribution in [3.8, 4) is 5.75 Å². The number of aromatic nitrogens is 3. The second-order valence-corrected chi connectivity index (χ2v) is 7.66. The zero-order valence-corrected chi connectivity index (χ0v) is 17.8. The van der Waals surface area contributed by atoms with Crippen LogP contribution < -0.4 is 25.6 Å². The van der Waals surface area contributed by atoms with E-state index in [1.165, 1.54) is 0 Å². The maximum absolute atomic E-state index is 14.4. The Hall–Kier alpha value is -3.99. The van der Waals surface area contributed by atoms with Gasteiger partial charge in [0.25, 0.3) is 5.91 Å². The third-order valence-electron chi connectivity index (χ3n) is 5.20. The summed E-state index contributed by atoms with van der Waals surface area (Å²) in [4.78, 5) is 26.4. The number of anilines is 6. The number of morpholine rings is 1. The molecular weight excluding hydrogens is 429 g/mol. The molecule has 0 spiro atoms. The highest BCUT2D eigenvalue weighted by atomic mass is 19.1. The van der Waals surface area contributed by atoms with Gasteiger partial charge in [0.1, 0.15) is 5.82 Å². The summed E-state index contributed by atoms with van der Waals surface area (Å²) in [5.74, 6) is 0.224. The Bertz CT molecular complexity index is 1190. The monoisotopic (exact) mass is 451 g/mol. The number of carbonyl (C=O) groups is 1. The SMILES string of the molecule is C[C@H]1CN(c2ccccc2Nc2ncc(F)c(Nc3ccc4c(n3)NC(=O)CO4)n2)CCO1. The van der Waals surface area contributed by atoms with E-state index in [0.717, 1.165) is 30.7 Å². The average molecular weight is 451 g/mol. The first-order chi connectivity index (χ1) is 16.0. The van der Waals surface area contributed by atoms with Gasteiger partial charge in [0.15, 0.2) is 29.8 Å². The number of amides is 1. The molecule has 0 unspecified atom stereocenters. The molecular formula is C22H22FN7O3. The highest BCUT2D eigenvalue weighted by molar-refractivity contribution is 5.94. The number of fused-ring (bicyclic) bond motifs is 1. The number of halogens is 1. The molecule has 1 aromatic carbocycles. The molecule has 0 bridgehead atoms. The first-order valence-electron chi connectivity index (χ1n) is 10.5. The van der Waals surface area contributed by atoms with Gasteiger partial charge in [0.05, 0.1) is 30.3 Å². The van der Waals surface area contributed by atoms with Gasteiger partial charge in [0.2, 0.25) is 5.95 Å². The number of hydrogen-bond acceptors (Lipinski definition) is 9. The third kappa shape index (κ3) is 4.62. The van der Waals surface area contributed by atoms with Crippen LogP contribution in [0.3, 0.4) is 0 Å². The lowest BCUT2D eigenvalue weighted by Crippen LogP contribution is -2.41. The van der Waals surface area contributed by atoms with E-state index in [-0.39, 0.29) is 36.2 Å². The van der Waals surface area contributed by atoms with E-state index < -0.39 is 5.82 Å². The van der Waals surface area contributed by atoms with Crippen LogP contribution in [-0.2, 0) is 9.53 Å². The molecule has 1 amide bonds. The number of carbonyl (C=O) groups excluding carboxylic acids is 1. The first kappa shape index (κ1) is 20.9. The van der Waals surface area contributed by atoms with E-state index in [4.69, 9.17) is 9.47 Å². The number of nitrogens with zero attached hydrogens (tertiary/aromatic N) is 4. The molecule has 11 heteroatoms. The predicted octanol–water partition coefficient (Wildman–Crippen LogP) is 3.05. The van der Waals surface area contributed by atoms with E-state index >= 15 is 0 Å². The number of rotatable bonds is 5. The van der Waals surface area contributed by atoms with E-state index in [2.05, 4.69) is 35.8 Å². The molecule has 10 nitrogen and oxygen atoms in total. The Balaban J connectivity index is 1.37. The molecule has 4 heterocycles. The summed E-state index contributed by atoms with van der Waals surface area (Å²) >= 11 is 0. The van der Waals surface area contributed by atoms with Crippen LogP contribution >= 0.6 is 0 Å². The van der Waals surface area contributed by atoms with Gasteiger partial charge in [-0.25, -0.2) is 14.4 Å². The molecule has 1 fully saturated rings. The number of pyridine rings is 1. The van der Waals surface area contributed by atoms with Crippen molar-refractivity contribution in [2.45, 2.75) is 13.0 Å². The summed E-state index contributed by atoms with van der Waals surface area (Å²) in [6, 6.07) is 11.1. The fraction of sp³-hybridized carbons (Fsp3) is 0.273. The van der Waals surface area contributed by atoms with Gasteiger partial charge >= 0.3 is 0 Å². The van der Waals surface area contributed by atoms with Crippen molar-refractivity contribution < 1.29 is 18.7 Å². The van der Waals surface area contributed by atoms with Gasteiger partial charge < -0.3 is 30.3 Å². The molecule has 0 saturated carbocycles. The highest BCUT2D eigenvalue weighted by Gasteiger charge is 2.20. The lowest BCUT2D eigenvalue weighted by molar-refractivity contribution is -0.118. The van der Waals surface area contributed by atoms with Crippen molar-refractivity contribution in [3.05, 3.63) is 48.4 Å². The third-order valence-corrected chi connectivity index (χ3v) is 5.20. The number of benzene rings is 1. The summed E-state index contributed by atoms with van der Waals surface area (Å²) in [5, 5.41) is 8.64. The van der Waals surface area contributed by atoms with Gasteiger partial charge in [-0.05, 0) is 31.2 Å². The normalized spacial score (nSPS) is 17.6. The lowest BCUT2D eigenvalue weighted by Gasteiger charge is -2.34. The summed E-state index contributed by atoms with van der Waals surface area (Å²) in [5.41, 5.74) is 1.79. The minimum absolute atomic E-state index is 0.0551. The Morgan fingerprint density at radius 2 is 2.06 bits per heavy atom. The molecule has 2 aliphatic heterocycles. The van der Waals surface area contributed by atoms with Gasteiger partial charge in [-0.2, -0.15) is 4.98 Å². The summed E-state index contributed by atoms with van der Waals surface area (Å²) in [7, 11) is 0. The number of hydrogen-bond donors (Lipinski definition) is 3. The Morgan fingerprint density at radius 3 is 2.94 bits per heavy atom. The summed E-state index contributed by atoms with van der Waals surface area (Å²) < 4.78 is 25.4. The van der Waals surface area contributed by atoms with Crippen molar-refractivity contribution in [3.63, 3.8) is 0 Å². The van der Waals surface area contributed by atoms with E-state index in [1.54, 1.807) is 12.1 Å². The number of nitrogens with one attached hydrogen (secondary N) is 3. The molecule has 33 heavy (non-hydrogen) atoms. The van der Waals surface area contributed by atoms with Crippen LogP contribution in [0.2, 0.25) is 0 Å². The Kier molecular flexibility index (Phi) is 5.61. The van der Waals surface area contributed by atoms with Crippen LogP contribution in [0.25, 0.3) is 0 Å². The molecule has 3 N–H and O–H groups in total.